The Morgan fingerprint density at radius 3 is 3.11 bits per heavy atom. The third kappa shape index (κ3) is 2.63. The van der Waals surface area contributed by atoms with Crippen LogP contribution < -0.4 is 15.8 Å². The summed E-state index contributed by atoms with van der Waals surface area (Å²) < 4.78 is 10.3. The van der Waals surface area contributed by atoms with Gasteiger partial charge in [0.25, 0.3) is 0 Å². The van der Waals surface area contributed by atoms with Crippen molar-refractivity contribution in [3.63, 3.8) is 0 Å². The number of ether oxygens (including phenoxy) is 2. The summed E-state index contributed by atoms with van der Waals surface area (Å²) in [6, 6.07) is 7.41. The molecule has 2 atom stereocenters. The minimum Gasteiger partial charge on any atom is -0.493 e. The van der Waals surface area contributed by atoms with E-state index in [1.54, 1.807) is 0 Å². The zero-order valence-electron chi connectivity index (χ0n) is 10.4. The van der Waals surface area contributed by atoms with E-state index < -0.39 is 6.04 Å². The highest BCUT2D eigenvalue weighted by Gasteiger charge is 2.26. The average Bonchev–Trinajstić information content (AvgIpc) is 2.44. The van der Waals surface area contributed by atoms with Crippen molar-refractivity contribution in [3.05, 3.63) is 29.8 Å². The van der Waals surface area contributed by atoms with Crippen LogP contribution in [0.2, 0.25) is 0 Å². The lowest BCUT2D eigenvalue weighted by Gasteiger charge is -2.29. The second kappa shape index (κ2) is 5.84. The fraction of sp³-hybridized carbons (Fsp3) is 0.462. The number of nitrogens with one attached hydrogen (secondary N) is 1. The van der Waals surface area contributed by atoms with E-state index in [0.29, 0.717) is 6.61 Å². The van der Waals surface area contributed by atoms with Gasteiger partial charge in [-0.3, -0.25) is 10.1 Å². The second-order valence-corrected chi connectivity index (χ2v) is 4.21. The normalized spacial score (nSPS) is 19.6. The minimum absolute atomic E-state index is 0.0719. The van der Waals surface area contributed by atoms with Crippen LogP contribution in [0.3, 0.4) is 0 Å². The van der Waals surface area contributed by atoms with Crippen LogP contribution in [0.5, 0.6) is 5.75 Å². The Labute approximate surface area is 106 Å². The van der Waals surface area contributed by atoms with Crippen LogP contribution in [-0.2, 0) is 9.53 Å². The van der Waals surface area contributed by atoms with Crippen molar-refractivity contribution in [2.24, 2.45) is 5.73 Å². The molecule has 1 aliphatic heterocycles. The Balaban J connectivity index is 2.13. The zero-order chi connectivity index (χ0) is 13.0. The molecule has 0 aromatic heterocycles. The number of para-hydroxylation sites is 1. The lowest BCUT2D eigenvalue weighted by molar-refractivity contribution is -0.143. The van der Waals surface area contributed by atoms with Gasteiger partial charge in [-0.1, -0.05) is 18.2 Å². The van der Waals surface area contributed by atoms with Crippen LogP contribution in [0.15, 0.2) is 24.3 Å². The Bertz CT molecular complexity index is 422. The van der Waals surface area contributed by atoms with Crippen molar-refractivity contribution in [1.29, 1.82) is 0 Å². The first kappa shape index (κ1) is 12.9. The number of benzene rings is 1. The molecule has 98 valence electrons. The van der Waals surface area contributed by atoms with Gasteiger partial charge in [0.1, 0.15) is 11.8 Å². The molecule has 0 fully saturated rings. The predicted molar refractivity (Wildman–Crippen MR) is 67.3 cm³/mol. The van der Waals surface area contributed by atoms with Crippen molar-refractivity contribution in [1.82, 2.24) is 5.32 Å². The number of hydrogen-bond acceptors (Lipinski definition) is 5. The Morgan fingerprint density at radius 1 is 1.61 bits per heavy atom. The first-order chi connectivity index (χ1) is 8.76. The highest BCUT2D eigenvalue weighted by Crippen LogP contribution is 2.31. The number of esters is 1. The molecule has 5 heteroatoms. The topological polar surface area (TPSA) is 73.6 Å². The molecule has 0 spiro atoms. The molecule has 0 radical (unpaired) electrons. The van der Waals surface area contributed by atoms with Crippen LogP contribution in [0.4, 0.5) is 0 Å². The maximum Gasteiger partial charge on any atom is 0.324 e. The van der Waals surface area contributed by atoms with Crippen LogP contribution >= 0.6 is 0 Å². The van der Waals surface area contributed by atoms with E-state index in [9.17, 15) is 4.79 Å². The molecule has 18 heavy (non-hydrogen) atoms. The molecule has 0 saturated carbocycles. The van der Waals surface area contributed by atoms with Gasteiger partial charge in [-0.25, -0.2) is 0 Å². The maximum atomic E-state index is 11.5. The fourth-order valence-corrected chi connectivity index (χ4v) is 2.13. The number of nitrogens with two attached hydrogens (primary N) is 1. The number of carbonyl (C=O) groups excluding carboxylic acids is 1. The van der Waals surface area contributed by atoms with Gasteiger partial charge < -0.3 is 15.2 Å². The summed E-state index contributed by atoms with van der Waals surface area (Å²) in [7, 11) is 1.37. The Morgan fingerprint density at radius 2 is 2.39 bits per heavy atom. The lowest BCUT2D eigenvalue weighted by Crippen LogP contribution is -2.46. The molecule has 0 amide bonds. The van der Waals surface area contributed by atoms with E-state index in [2.05, 4.69) is 5.32 Å². The van der Waals surface area contributed by atoms with Gasteiger partial charge >= 0.3 is 5.97 Å². The summed E-state index contributed by atoms with van der Waals surface area (Å²) >= 11 is 0. The highest BCUT2D eigenvalue weighted by molar-refractivity contribution is 5.76. The Kier molecular flexibility index (Phi) is 4.17. The molecular formula is C13H18N2O3. The highest BCUT2D eigenvalue weighted by atomic mass is 16.5. The van der Waals surface area contributed by atoms with Crippen LogP contribution in [0.1, 0.15) is 18.0 Å². The summed E-state index contributed by atoms with van der Waals surface area (Å²) in [5.41, 5.74) is 6.65. The van der Waals surface area contributed by atoms with Crippen molar-refractivity contribution >= 4 is 5.97 Å². The second-order valence-electron chi connectivity index (χ2n) is 4.21. The molecule has 2 rings (SSSR count). The van der Waals surface area contributed by atoms with Crippen molar-refractivity contribution in [2.45, 2.75) is 18.5 Å². The number of hydrogen-bond donors (Lipinski definition) is 2. The van der Waals surface area contributed by atoms with Crippen LogP contribution in [0, 0.1) is 0 Å². The standard InChI is InChI=1S/C13H18N2O3/c1-17-13(16)11(8-14)15-10-6-7-18-12-5-3-2-4-9(10)12/h2-5,10-11,15H,6-8,14H2,1H3. The molecule has 1 aliphatic rings. The average molecular weight is 250 g/mol. The van der Waals surface area contributed by atoms with Gasteiger partial charge in [0.15, 0.2) is 0 Å². The van der Waals surface area contributed by atoms with Gasteiger partial charge in [-0.2, -0.15) is 0 Å². The molecule has 0 bridgehead atoms. The minimum atomic E-state index is -0.480. The van der Waals surface area contributed by atoms with Gasteiger partial charge in [-0.15, -0.1) is 0 Å². The van der Waals surface area contributed by atoms with E-state index in [1.807, 2.05) is 24.3 Å². The molecule has 1 aromatic rings. The summed E-state index contributed by atoms with van der Waals surface area (Å²) in [6.07, 6.45) is 0.810. The first-order valence-corrected chi connectivity index (χ1v) is 6.02. The summed E-state index contributed by atoms with van der Waals surface area (Å²) in [6.45, 7) is 0.847. The molecule has 0 saturated heterocycles. The van der Waals surface area contributed by atoms with Crippen molar-refractivity contribution in [3.8, 4) is 5.75 Å². The van der Waals surface area contributed by atoms with Crippen LogP contribution in [-0.4, -0.2) is 32.3 Å². The van der Waals surface area contributed by atoms with Gasteiger partial charge in [-0.05, 0) is 6.07 Å². The van der Waals surface area contributed by atoms with Crippen LogP contribution in [0.25, 0.3) is 0 Å². The number of carbonyl (C=O) groups is 1. The summed E-state index contributed by atoms with van der Waals surface area (Å²) in [5.74, 6) is 0.531. The van der Waals surface area contributed by atoms with E-state index in [1.165, 1.54) is 7.11 Å². The Hall–Kier alpha value is -1.59. The predicted octanol–water partition coefficient (Wildman–Crippen LogP) is 0.600. The van der Waals surface area contributed by atoms with Gasteiger partial charge in [0.2, 0.25) is 0 Å². The largest absolute Gasteiger partial charge is 0.493 e. The van der Waals surface area contributed by atoms with Gasteiger partial charge in [0.05, 0.1) is 13.7 Å². The van der Waals surface area contributed by atoms with E-state index in [4.69, 9.17) is 15.2 Å². The SMILES string of the molecule is COC(=O)C(CN)NC1CCOc2ccccc21. The maximum absolute atomic E-state index is 11.5. The molecule has 0 aliphatic carbocycles. The van der Waals surface area contributed by atoms with Gasteiger partial charge in [0, 0.05) is 24.6 Å². The lowest BCUT2D eigenvalue weighted by atomic mass is 9.99. The van der Waals surface area contributed by atoms with E-state index in [0.717, 1.165) is 17.7 Å². The molecule has 1 aromatic carbocycles. The fourth-order valence-electron chi connectivity index (χ4n) is 2.13. The molecule has 3 N–H and O–H groups in total. The molecule has 1 heterocycles. The third-order valence-corrected chi connectivity index (χ3v) is 3.08. The number of rotatable bonds is 4. The smallest absolute Gasteiger partial charge is 0.324 e. The quantitative estimate of drug-likeness (QED) is 0.765. The molecule has 2 unspecified atom stereocenters. The van der Waals surface area contributed by atoms with Crippen molar-refractivity contribution in [2.75, 3.05) is 20.3 Å². The summed E-state index contributed by atoms with van der Waals surface area (Å²) in [5, 5.41) is 3.23. The first-order valence-electron chi connectivity index (χ1n) is 6.02. The van der Waals surface area contributed by atoms with E-state index >= 15 is 0 Å². The number of methoxy groups -OCH3 is 1. The van der Waals surface area contributed by atoms with Crippen molar-refractivity contribution < 1.29 is 14.3 Å². The zero-order valence-corrected chi connectivity index (χ0v) is 10.4. The third-order valence-electron chi connectivity index (χ3n) is 3.08. The van der Waals surface area contributed by atoms with E-state index in [-0.39, 0.29) is 18.6 Å². The number of fused-ring (bicyclic) bond motifs is 1. The molecular weight excluding hydrogens is 232 g/mol. The summed E-state index contributed by atoms with van der Waals surface area (Å²) in [4.78, 5) is 11.5. The molecule has 5 nitrogen and oxygen atoms in total. The monoisotopic (exact) mass is 250 g/mol.